The highest BCUT2D eigenvalue weighted by Gasteiger charge is 2.30. The molecule has 2 aromatic rings. The lowest BCUT2D eigenvalue weighted by Crippen LogP contribution is -2.37. The Morgan fingerprint density at radius 3 is 3.00 bits per heavy atom. The molecule has 1 aliphatic rings. The monoisotopic (exact) mass is 392 g/mol. The molecular formula is C19H25ClN4OS. The van der Waals surface area contributed by atoms with Gasteiger partial charge in [-0.25, -0.2) is 0 Å². The lowest BCUT2D eigenvalue weighted by atomic mass is 9.88. The minimum atomic E-state index is 0.407. The van der Waals surface area contributed by atoms with Crippen molar-refractivity contribution in [3.05, 3.63) is 45.6 Å². The number of benzene rings is 1. The Hall–Kier alpha value is -1.76. The summed E-state index contributed by atoms with van der Waals surface area (Å²) < 4.78 is 5.16. The van der Waals surface area contributed by atoms with Crippen molar-refractivity contribution in [2.75, 3.05) is 32.6 Å². The van der Waals surface area contributed by atoms with Crippen molar-refractivity contribution in [1.29, 1.82) is 0 Å². The highest BCUT2D eigenvalue weighted by atomic mass is 35.5. The van der Waals surface area contributed by atoms with E-state index in [0.29, 0.717) is 35.2 Å². The molecular weight excluding hydrogens is 368 g/mol. The maximum atomic E-state index is 6.15. The minimum absolute atomic E-state index is 0.407. The van der Waals surface area contributed by atoms with Gasteiger partial charge in [-0.3, -0.25) is 9.89 Å². The number of methoxy groups -OCH3 is 1. The maximum absolute atomic E-state index is 6.15. The van der Waals surface area contributed by atoms with E-state index < -0.39 is 0 Å². The van der Waals surface area contributed by atoms with Crippen molar-refractivity contribution in [1.82, 2.24) is 4.90 Å². The summed E-state index contributed by atoms with van der Waals surface area (Å²) in [5.74, 6) is 1.51. The Labute approximate surface area is 163 Å². The molecule has 0 bridgehead atoms. The number of nitrogens with one attached hydrogen (secondary N) is 1. The average molecular weight is 393 g/mol. The molecule has 1 fully saturated rings. The summed E-state index contributed by atoms with van der Waals surface area (Å²) in [5.41, 5.74) is 6.89. The first-order chi connectivity index (χ1) is 12.6. The lowest BCUT2D eigenvalue weighted by molar-refractivity contribution is 0.128. The topological polar surface area (TPSA) is 62.9 Å². The van der Waals surface area contributed by atoms with Crippen LogP contribution in [0.4, 0.5) is 5.69 Å². The van der Waals surface area contributed by atoms with Crippen LogP contribution in [0.3, 0.4) is 0 Å². The van der Waals surface area contributed by atoms with E-state index in [1.54, 1.807) is 19.2 Å². The van der Waals surface area contributed by atoms with Gasteiger partial charge in [-0.1, -0.05) is 17.7 Å². The fraction of sp³-hybridized carbons (Fsp3) is 0.421. The number of hydrogen-bond acceptors (Lipinski definition) is 4. The van der Waals surface area contributed by atoms with E-state index in [-0.39, 0.29) is 0 Å². The molecule has 26 heavy (non-hydrogen) atoms. The molecule has 3 rings (SSSR count). The van der Waals surface area contributed by atoms with Crippen molar-refractivity contribution in [2.45, 2.75) is 18.9 Å². The van der Waals surface area contributed by atoms with E-state index in [1.165, 1.54) is 11.3 Å². The number of aliphatic imine (C=N–C) groups is 1. The Bertz CT molecular complexity index is 750. The predicted octanol–water partition coefficient (Wildman–Crippen LogP) is 4.22. The van der Waals surface area contributed by atoms with Crippen molar-refractivity contribution in [3.8, 4) is 5.75 Å². The zero-order valence-electron chi connectivity index (χ0n) is 15.1. The van der Waals surface area contributed by atoms with Gasteiger partial charge >= 0.3 is 0 Å². The van der Waals surface area contributed by atoms with E-state index >= 15 is 0 Å². The molecule has 1 aromatic heterocycles. The third-order valence-electron chi connectivity index (χ3n) is 4.76. The number of piperidine rings is 1. The lowest BCUT2D eigenvalue weighted by Gasteiger charge is -2.38. The van der Waals surface area contributed by atoms with E-state index in [4.69, 9.17) is 22.1 Å². The first-order valence-electron chi connectivity index (χ1n) is 8.72. The van der Waals surface area contributed by atoms with Gasteiger partial charge in [-0.05, 0) is 62.0 Å². The van der Waals surface area contributed by atoms with Crippen LogP contribution in [0.1, 0.15) is 23.8 Å². The summed E-state index contributed by atoms with van der Waals surface area (Å²) in [6.07, 6.45) is 2.36. The normalized spacial score (nSPS) is 21.6. The number of guanidine groups is 1. The van der Waals surface area contributed by atoms with E-state index in [2.05, 4.69) is 39.8 Å². The Morgan fingerprint density at radius 1 is 1.46 bits per heavy atom. The molecule has 3 N–H and O–H groups in total. The zero-order chi connectivity index (χ0) is 18.5. The van der Waals surface area contributed by atoms with Crippen LogP contribution in [0.15, 0.2) is 40.7 Å². The molecule has 2 unspecified atom stereocenters. The summed E-state index contributed by atoms with van der Waals surface area (Å²) >= 11 is 7.97. The minimum Gasteiger partial charge on any atom is -0.495 e. The number of thiophene rings is 1. The summed E-state index contributed by atoms with van der Waals surface area (Å²) in [6.45, 7) is 1.83. The van der Waals surface area contributed by atoms with Crippen LogP contribution in [0.2, 0.25) is 5.02 Å². The third kappa shape index (κ3) is 4.50. The first-order valence-corrected chi connectivity index (χ1v) is 9.98. The third-order valence-corrected chi connectivity index (χ3v) is 6.00. The molecule has 5 nitrogen and oxygen atoms in total. The zero-order valence-corrected chi connectivity index (χ0v) is 16.7. The number of ether oxygens (including phenoxy) is 1. The van der Waals surface area contributed by atoms with Crippen molar-refractivity contribution >= 4 is 34.6 Å². The maximum Gasteiger partial charge on any atom is 0.193 e. The molecule has 2 heterocycles. The largest absolute Gasteiger partial charge is 0.495 e. The van der Waals surface area contributed by atoms with Gasteiger partial charge in [0.05, 0.1) is 12.1 Å². The van der Waals surface area contributed by atoms with Crippen molar-refractivity contribution in [3.63, 3.8) is 0 Å². The van der Waals surface area contributed by atoms with Gasteiger partial charge in [0.1, 0.15) is 5.75 Å². The van der Waals surface area contributed by atoms with Gasteiger partial charge in [0.15, 0.2) is 5.96 Å². The van der Waals surface area contributed by atoms with E-state index in [1.807, 2.05) is 17.4 Å². The number of nitrogens with two attached hydrogens (primary N) is 1. The van der Waals surface area contributed by atoms with Gasteiger partial charge in [0.25, 0.3) is 0 Å². The van der Waals surface area contributed by atoms with Gasteiger partial charge in [-0.15, -0.1) is 11.3 Å². The summed E-state index contributed by atoms with van der Waals surface area (Å²) in [4.78, 5) is 8.43. The predicted molar refractivity (Wildman–Crippen MR) is 111 cm³/mol. The van der Waals surface area contributed by atoms with Gasteiger partial charge in [0.2, 0.25) is 0 Å². The Morgan fingerprint density at radius 2 is 2.31 bits per heavy atom. The van der Waals surface area contributed by atoms with Crippen LogP contribution < -0.4 is 15.8 Å². The van der Waals surface area contributed by atoms with Crippen LogP contribution >= 0.6 is 22.9 Å². The van der Waals surface area contributed by atoms with Crippen LogP contribution in [0, 0.1) is 5.92 Å². The van der Waals surface area contributed by atoms with E-state index in [9.17, 15) is 0 Å². The number of nitrogens with zero attached hydrogens (tertiary/aromatic N) is 2. The fourth-order valence-electron chi connectivity index (χ4n) is 3.51. The van der Waals surface area contributed by atoms with Crippen LogP contribution in [-0.4, -0.2) is 38.1 Å². The van der Waals surface area contributed by atoms with Crippen molar-refractivity contribution in [2.24, 2.45) is 16.6 Å². The molecule has 7 heteroatoms. The SMILES string of the molecule is COc1ccc(NC(N)=NCC2CCCN(C)C2c2cccs2)cc1Cl. The molecule has 2 atom stereocenters. The van der Waals surface area contributed by atoms with Gasteiger partial charge < -0.3 is 15.8 Å². The van der Waals surface area contributed by atoms with Crippen LogP contribution in [-0.2, 0) is 0 Å². The molecule has 0 aliphatic carbocycles. The summed E-state index contributed by atoms with van der Waals surface area (Å²) in [7, 11) is 3.79. The first kappa shape index (κ1) is 19.0. The number of anilines is 1. The number of hydrogen-bond donors (Lipinski definition) is 2. The Balaban J connectivity index is 1.66. The van der Waals surface area contributed by atoms with Crippen LogP contribution in [0.5, 0.6) is 5.75 Å². The highest BCUT2D eigenvalue weighted by Crippen LogP contribution is 2.37. The second kappa shape index (κ2) is 8.75. The van der Waals surface area contributed by atoms with Crippen LogP contribution in [0.25, 0.3) is 0 Å². The second-order valence-electron chi connectivity index (χ2n) is 6.54. The molecule has 1 aromatic carbocycles. The number of rotatable bonds is 5. The van der Waals surface area contributed by atoms with Crippen molar-refractivity contribution < 1.29 is 4.74 Å². The second-order valence-corrected chi connectivity index (χ2v) is 7.93. The Kier molecular flexibility index (Phi) is 6.40. The highest BCUT2D eigenvalue weighted by molar-refractivity contribution is 7.10. The molecule has 0 saturated carbocycles. The quantitative estimate of drug-likeness (QED) is 0.590. The summed E-state index contributed by atoms with van der Waals surface area (Å²) in [5, 5.41) is 5.79. The standard InChI is InChI=1S/C19H25ClN4OS/c1-24-9-3-5-13(18(24)17-6-4-10-26-17)12-22-19(21)23-14-7-8-16(25-2)15(20)11-14/h4,6-8,10-11,13,18H,3,5,9,12H2,1-2H3,(H3,21,22,23). The summed E-state index contributed by atoms with van der Waals surface area (Å²) in [6, 6.07) is 10.2. The molecule has 0 radical (unpaired) electrons. The number of halogens is 1. The average Bonchev–Trinajstić information content (AvgIpc) is 3.14. The molecule has 0 spiro atoms. The smallest absolute Gasteiger partial charge is 0.193 e. The fourth-order valence-corrected chi connectivity index (χ4v) is 4.75. The number of likely N-dealkylation sites (tertiary alicyclic amines) is 1. The van der Waals surface area contributed by atoms with Gasteiger partial charge in [0, 0.05) is 23.2 Å². The van der Waals surface area contributed by atoms with E-state index in [0.717, 1.165) is 18.7 Å². The molecule has 140 valence electrons. The molecule has 1 aliphatic heterocycles. The molecule has 0 amide bonds. The van der Waals surface area contributed by atoms with Gasteiger partial charge in [-0.2, -0.15) is 0 Å². The molecule has 1 saturated heterocycles.